The first-order valence-electron chi connectivity index (χ1n) is 6.38. The molecule has 6 nitrogen and oxygen atoms in total. The number of hydrogen-bond acceptors (Lipinski definition) is 6. The lowest BCUT2D eigenvalue weighted by Gasteiger charge is -2.14. The molecule has 0 unspecified atom stereocenters. The lowest BCUT2D eigenvalue weighted by molar-refractivity contribution is 0.324. The van der Waals surface area contributed by atoms with Crippen LogP contribution in [0.5, 0.6) is 17.2 Å². The number of nitrogens with zero attached hydrogens (tertiary/aromatic N) is 1. The van der Waals surface area contributed by atoms with Crippen LogP contribution in [0.15, 0.2) is 24.4 Å². The van der Waals surface area contributed by atoms with Gasteiger partial charge in [-0.25, -0.2) is 0 Å². The first kappa shape index (κ1) is 14.8. The van der Waals surface area contributed by atoms with E-state index < -0.39 is 0 Å². The summed E-state index contributed by atoms with van der Waals surface area (Å²) in [6.45, 7) is 0. The molecule has 0 amide bonds. The van der Waals surface area contributed by atoms with Crippen LogP contribution in [-0.2, 0) is 6.42 Å². The molecule has 0 fully saturated rings. The van der Waals surface area contributed by atoms with Gasteiger partial charge in [-0.15, -0.1) is 0 Å². The lowest BCUT2D eigenvalue weighted by atomic mass is 10.1. The van der Waals surface area contributed by atoms with E-state index in [4.69, 9.17) is 25.7 Å². The molecule has 1 heterocycles. The Morgan fingerprint density at radius 2 is 1.62 bits per heavy atom. The summed E-state index contributed by atoms with van der Waals surface area (Å²) < 4.78 is 16.0. The summed E-state index contributed by atoms with van der Waals surface area (Å²) in [6.07, 6.45) is 2.16. The number of benzene rings is 1. The second kappa shape index (κ2) is 6.21. The van der Waals surface area contributed by atoms with Crippen molar-refractivity contribution in [2.24, 2.45) is 0 Å². The molecule has 2 rings (SSSR count). The summed E-state index contributed by atoms with van der Waals surface area (Å²) in [5.41, 5.74) is 14.4. The van der Waals surface area contributed by atoms with E-state index >= 15 is 0 Å². The molecule has 0 atom stereocenters. The van der Waals surface area contributed by atoms with Crippen molar-refractivity contribution in [3.8, 4) is 17.2 Å². The summed E-state index contributed by atoms with van der Waals surface area (Å²) >= 11 is 0. The van der Waals surface area contributed by atoms with E-state index in [1.165, 1.54) is 0 Å². The molecule has 0 aliphatic rings. The molecule has 21 heavy (non-hydrogen) atoms. The fourth-order valence-electron chi connectivity index (χ4n) is 2.11. The summed E-state index contributed by atoms with van der Waals surface area (Å²) in [5.74, 6) is 1.74. The Balaban J connectivity index is 2.43. The Morgan fingerprint density at radius 3 is 2.14 bits per heavy atom. The van der Waals surface area contributed by atoms with Crippen LogP contribution < -0.4 is 25.7 Å². The van der Waals surface area contributed by atoms with Crippen molar-refractivity contribution in [3.05, 3.63) is 35.7 Å². The van der Waals surface area contributed by atoms with Crippen LogP contribution in [0.2, 0.25) is 0 Å². The second-order valence-corrected chi connectivity index (χ2v) is 4.47. The molecule has 0 aliphatic carbocycles. The molecule has 0 aliphatic heterocycles. The molecule has 4 N–H and O–H groups in total. The normalized spacial score (nSPS) is 10.2. The lowest BCUT2D eigenvalue weighted by Crippen LogP contribution is -2.04. The molecular formula is C15H19N3O3. The van der Waals surface area contributed by atoms with Gasteiger partial charge in [0.1, 0.15) is 0 Å². The maximum Gasteiger partial charge on any atom is 0.203 e. The number of rotatable bonds is 5. The minimum absolute atomic E-state index is 0.492. The first-order chi connectivity index (χ1) is 10.1. The number of methoxy groups -OCH3 is 3. The topological polar surface area (TPSA) is 92.6 Å². The number of aromatic nitrogens is 1. The fourth-order valence-corrected chi connectivity index (χ4v) is 2.11. The molecule has 0 spiro atoms. The van der Waals surface area contributed by atoms with Crippen molar-refractivity contribution in [3.63, 3.8) is 0 Å². The van der Waals surface area contributed by atoms with Crippen molar-refractivity contribution in [2.75, 3.05) is 32.8 Å². The van der Waals surface area contributed by atoms with Gasteiger partial charge in [-0.1, -0.05) is 0 Å². The van der Waals surface area contributed by atoms with E-state index in [-0.39, 0.29) is 0 Å². The van der Waals surface area contributed by atoms with E-state index in [1.54, 1.807) is 33.6 Å². The summed E-state index contributed by atoms with van der Waals surface area (Å²) in [5, 5.41) is 0. The predicted octanol–water partition coefficient (Wildman–Crippen LogP) is 1.86. The molecule has 0 bridgehead atoms. The van der Waals surface area contributed by atoms with E-state index in [2.05, 4.69) is 4.98 Å². The zero-order chi connectivity index (χ0) is 15.4. The molecule has 112 valence electrons. The zero-order valence-electron chi connectivity index (χ0n) is 12.3. The molecule has 0 radical (unpaired) electrons. The number of ether oxygens (including phenoxy) is 3. The Morgan fingerprint density at radius 1 is 1.00 bits per heavy atom. The van der Waals surface area contributed by atoms with Crippen LogP contribution in [0.4, 0.5) is 11.4 Å². The third-order valence-electron chi connectivity index (χ3n) is 3.20. The van der Waals surface area contributed by atoms with Gasteiger partial charge in [0, 0.05) is 12.6 Å². The Bertz CT molecular complexity index is 619. The van der Waals surface area contributed by atoms with Gasteiger partial charge in [-0.3, -0.25) is 4.98 Å². The van der Waals surface area contributed by atoms with Crippen molar-refractivity contribution in [1.82, 2.24) is 4.98 Å². The average molecular weight is 289 g/mol. The second-order valence-electron chi connectivity index (χ2n) is 4.47. The molecule has 6 heteroatoms. The minimum Gasteiger partial charge on any atom is -0.493 e. The van der Waals surface area contributed by atoms with E-state index in [0.29, 0.717) is 40.7 Å². The van der Waals surface area contributed by atoms with Crippen molar-refractivity contribution in [1.29, 1.82) is 0 Å². The van der Waals surface area contributed by atoms with Crippen LogP contribution in [0.1, 0.15) is 11.3 Å². The van der Waals surface area contributed by atoms with Crippen LogP contribution in [0.25, 0.3) is 0 Å². The van der Waals surface area contributed by atoms with Crippen LogP contribution in [-0.4, -0.2) is 26.3 Å². The molecule has 0 saturated heterocycles. The van der Waals surface area contributed by atoms with Crippen molar-refractivity contribution < 1.29 is 14.2 Å². The highest BCUT2D eigenvalue weighted by atomic mass is 16.5. The van der Waals surface area contributed by atoms with Crippen LogP contribution in [0.3, 0.4) is 0 Å². The van der Waals surface area contributed by atoms with Crippen molar-refractivity contribution >= 4 is 11.4 Å². The van der Waals surface area contributed by atoms with Gasteiger partial charge >= 0.3 is 0 Å². The molecule has 0 saturated carbocycles. The highest BCUT2D eigenvalue weighted by Crippen LogP contribution is 2.38. The van der Waals surface area contributed by atoms with Gasteiger partial charge in [-0.2, -0.15) is 0 Å². The van der Waals surface area contributed by atoms with E-state index in [1.807, 2.05) is 12.1 Å². The monoisotopic (exact) mass is 289 g/mol. The fraction of sp³-hybridized carbons (Fsp3) is 0.267. The average Bonchev–Trinajstić information content (AvgIpc) is 2.50. The van der Waals surface area contributed by atoms with Crippen molar-refractivity contribution in [2.45, 2.75) is 6.42 Å². The number of anilines is 2. The number of hydrogen-bond donors (Lipinski definition) is 2. The van der Waals surface area contributed by atoms with Crippen LogP contribution >= 0.6 is 0 Å². The van der Waals surface area contributed by atoms with Gasteiger partial charge in [0.05, 0.1) is 38.4 Å². The quantitative estimate of drug-likeness (QED) is 0.872. The maximum atomic E-state index is 5.95. The Kier molecular flexibility index (Phi) is 4.37. The van der Waals surface area contributed by atoms with Gasteiger partial charge < -0.3 is 25.7 Å². The van der Waals surface area contributed by atoms with E-state index in [0.717, 1.165) is 5.56 Å². The Hall–Kier alpha value is -2.63. The third-order valence-corrected chi connectivity index (χ3v) is 3.20. The number of nitrogens with two attached hydrogens (primary N) is 2. The smallest absolute Gasteiger partial charge is 0.203 e. The maximum absolute atomic E-state index is 5.95. The van der Waals surface area contributed by atoms with Gasteiger partial charge in [-0.05, 0) is 23.8 Å². The molecule has 1 aromatic heterocycles. The first-order valence-corrected chi connectivity index (χ1v) is 6.38. The summed E-state index contributed by atoms with van der Waals surface area (Å²) in [6, 6.07) is 5.41. The summed E-state index contributed by atoms with van der Waals surface area (Å²) in [4.78, 5) is 4.27. The van der Waals surface area contributed by atoms with E-state index in [9.17, 15) is 0 Å². The van der Waals surface area contributed by atoms with Gasteiger partial charge in [0.15, 0.2) is 11.5 Å². The highest BCUT2D eigenvalue weighted by Gasteiger charge is 2.14. The van der Waals surface area contributed by atoms with Gasteiger partial charge in [0.2, 0.25) is 5.75 Å². The number of nitrogen functional groups attached to an aromatic ring is 2. The largest absolute Gasteiger partial charge is 0.493 e. The summed E-state index contributed by atoms with van der Waals surface area (Å²) in [7, 11) is 4.72. The standard InChI is InChI=1S/C15H19N3O3/c1-19-12-7-9(8-13(20-2)15(12)21-3)6-11-14(17)10(16)4-5-18-11/h4-5,7-8H,6,17H2,1-3H3,(H2,16,18). The molecule has 2 aromatic rings. The molecule has 1 aromatic carbocycles. The highest BCUT2D eigenvalue weighted by molar-refractivity contribution is 5.66. The third kappa shape index (κ3) is 2.94. The molecular weight excluding hydrogens is 270 g/mol. The predicted molar refractivity (Wildman–Crippen MR) is 82.0 cm³/mol. The van der Waals surface area contributed by atoms with Crippen LogP contribution in [0, 0.1) is 0 Å². The Labute approximate surface area is 123 Å². The minimum atomic E-state index is 0.492. The number of pyridine rings is 1. The van der Waals surface area contributed by atoms with Gasteiger partial charge in [0.25, 0.3) is 0 Å². The zero-order valence-corrected chi connectivity index (χ0v) is 12.3. The SMILES string of the molecule is COc1cc(Cc2nccc(N)c2N)cc(OC)c1OC.